The van der Waals surface area contributed by atoms with Gasteiger partial charge < -0.3 is 14.6 Å². The predicted molar refractivity (Wildman–Crippen MR) is 109 cm³/mol. The van der Waals surface area contributed by atoms with E-state index < -0.39 is 10.0 Å². The van der Waals surface area contributed by atoms with Crippen LogP contribution in [0, 0.1) is 5.92 Å². The second-order valence-corrected chi connectivity index (χ2v) is 9.49. The van der Waals surface area contributed by atoms with Gasteiger partial charge in [0.1, 0.15) is 5.75 Å². The molecule has 1 aliphatic rings. The Balaban J connectivity index is 1.57. The van der Waals surface area contributed by atoms with Crippen LogP contribution in [0.15, 0.2) is 41.8 Å². The van der Waals surface area contributed by atoms with Crippen LogP contribution in [0.2, 0.25) is 0 Å². The quantitative estimate of drug-likeness (QED) is 0.739. The maximum absolute atomic E-state index is 12.8. The Morgan fingerprint density at radius 2 is 2.03 bits per heavy atom. The van der Waals surface area contributed by atoms with Crippen LogP contribution in [0.3, 0.4) is 0 Å². The summed E-state index contributed by atoms with van der Waals surface area (Å²) < 4.78 is 34.1. The molecule has 0 saturated carbocycles. The second-order valence-electron chi connectivity index (χ2n) is 7.61. The van der Waals surface area contributed by atoms with Gasteiger partial charge in [-0.05, 0) is 44.4 Å². The van der Waals surface area contributed by atoms with Crippen molar-refractivity contribution in [2.75, 3.05) is 13.1 Å². The van der Waals surface area contributed by atoms with Crippen LogP contribution in [-0.2, 0) is 28.4 Å². The van der Waals surface area contributed by atoms with Gasteiger partial charge in [0.2, 0.25) is 5.91 Å². The van der Waals surface area contributed by atoms with Crippen LogP contribution in [0.25, 0.3) is 0 Å². The maximum Gasteiger partial charge on any atom is 0.262 e. The summed E-state index contributed by atoms with van der Waals surface area (Å²) in [6.45, 7) is 4.90. The molecular formula is C20H28N4O4S. The Morgan fingerprint density at radius 3 is 2.66 bits per heavy atom. The molecule has 0 aliphatic carbocycles. The third kappa shape index (κ3) is 5.36. The number of piperidine rings is 1. The summed E-state index contributed by atoms with van der Waals surface area (Å²) in [5, 5.41) is 2.94. The van der Waals surface area contributed by atoms with Gasteiger partial charge in [0.05, 0.1) is 18.3 Å². The molecule has 1 saturated heterocycles. The van der Waals surface area contributed by atoms with Gasteiger partial charge in [0.15, 0.2) is 5.03 Å². The number of aromatic nitrogens is 2. The fourth-order valence-corrected chi connectivity index (χ4v) is 4.81. The third-order valence-electron chi connectivity index (χ3n) is 4.80. The van der Waals surface area contributed by atoms with Gasteiger partial charge in [0, 0.05) is 32.9 Å². The highest BCUT2D eigenvalue weighted by atomic mass is 32.2. The lowest BCUT2D eigenvalue weighted by atomic mass is 9.99. The zero-order valence-electron chi connectivity index (χ0n) is 17.0. The highest BCUT2D eigenvalue weighted by molar-refractivity contribution is 7.89. The molecule has 3 rings (SSSR count). The smallest absolute Gasteiger partial charge is 0.262 e. The number of sulfonamides is 1. The summed E-state index contributed by atoms with van der Waals surface area (Å²) in [6, 6.07) is 7.58. The minimum absolute atomic E-state index is 0.0183. The van der Waals surface area contributed by atoms with Crippen molar-refractivity contribution in [3.63, 3.8) is 0 Å². The minimum Gasteiger partial charge on any atom is -0.491 e. The normalized spacial score (nSPS) is 18.0. The van der Waals surface area contributed by atoms with E-state index in [2.05, 4.69) is 10.3 Å². The average molecular weight is 421 g/mol. The van der Waals surface area contributed by atoms with E-state index in [4.69, 9.17) is 4.74 Å². The lowest BCUT2D eigenvalue weighted by Crippen LogP contribution is -2.45. The second kappa shape index (κ2) is 8.96. The molecule has 0 unspecified atom stereocenters. The number of rotatable bonds is 7. The molecule has 1 N–H and O–H groups in total. The zero-order chi connectivity index (χ0) is 21.0. The molecule has 1 fully saturated rings. The molecule has 0 spiro atoms. The van der Waals surface area contributed by atoms with Crippen molar-refractivity contribution in [2.45, 2.75) is 44.4 Å². The van der Waals surface area contributed by atoms with E-state index in [0.717, 1.165) is 11.3 Å². The lowest BCUT2D eigenvalue weighted by Gasteiger charge is -2.30. The zero-order valence-corrected chi connectivity index (χ0v) is 17.9. The van der Waals surface area contributed by atoms with Gasteiger partial charge in [-0.15, -0.1) is 0 Å². The van der Waals surface area contributed by atoms with E-state index in [1.165, 1.54) is 16.8 Å². The van der Waals surface area contributed by atoms with Crippen molar-refractivity contribution in [3.05, 3.63) is 42.4 Å². The van der Waals surface area contributed by atoms with E-state index in [-0.39, 0.29) is 29.5 Å². The molecular weight excluding hydrogens is 392 g/mol. The van der Waals surface area contributed by atoms with Crippen LogP contribution < -0.4 is 10.1 Å². The van der Waals surface area contributed by atoms with Gasteiger partial charge in [-0.2, -0.15) is 4.31 Å². The Bertz CT molecular complexity index is 938. The molecule has 29 heavy (non-hydrogen) atoms. The first kappa shape index (κ1) is 21.3. The number of nitrogens with zero attached hydrogens (tertiary/aromatic N) is 3. The maximum atomic E-state index is 12.8. The van der Waals surface area contributed by atoms with Crippen LogP contribution in [0.4, 0.5) is 0 Å². The molecule has 1 amide bonds. The summed E-state index contributed by atoms with van der Waals surface area (Å²) in [6.07, 6.45) is 4.36. The van der Waals surface area contributed by atoms with E-state index in [1.807, 2.05) is 38.1 Å². The number of benzene rings is 1. The van der Waals surface area contributed by atoms with Gasteiger partial charge in [-0.3, -0.25) is 4.79 Å². The Morgan fingerprint density at radius 1 is 1.31 bits per heavy atom. The van der Waals surface area contributed by atoms with Crippen molar-refractivity contribution >= 4 is 15.9 Å². The summed E-state index contributed by atoms with van der Waals surface area (Å²) in [4.78, 5) is 16.6. The number of hydrogen-bond donors (Lipinski definition) is 1. The molecule has 2 heterocycles. The predicted octanol–water partition coefficient (Wildman–Crippen LogP) is 1.92. The first-order chi connectivity index (χ1) is 13.8. The topological polar surface area (TPSA) is 93.5 Å². The summed E-state index contributed by atoms with van der Waals surface area (Å²) >= 11 is 0. The van der Waals surface area contributed by atoms with Crippen molar-refractivity contribution in [1.82, 2.24) is 19.2 Å². The van der Waals surface area contributed by atoms with Gasteiger partial charge in [-0.1, -0.05) is 12.1 Å². The molecule has 1 aromatic carbocycles. The average Bonchev–Trinajstić information content (AvgIpc) is 3.14. The highest BCUT2D eigenvalue weighted by Crippen LogP contribution is 2.23. The first-order valence-electron chi connectivity index (χ1n) is 9.77. The van der Waals surface area contributed by atoms with E-state index >= 15 is 0 Å². The largest absolute Gasteiger partial charge is 0.491 e. The van der Waals surface area contributed by atoms with Crippen LogP contribution in [0.1, 0.15) is 32.3 Å². The number of ether oxygens (including phenoxy) is 1. The van der Waals surface area contributed by atoms with Crippen molar-refractivity contribution in [1.29, 1.82) is 0 Å². The van der Waals surface area contributed by atoms with E-state index in [1.54, 1.807) is 11.6 Å². The summed E-state index contributed by atoms with van der Waals surface area (Å²) in [5.41, 5.74) is 0.961. The lowest BCUT2D eigenvalue weighted by molar-refractivity contribution is -0.126. The summed E-state index contributed by atoms with van der Waals surface area (Å²) in [5.74, 6) is 0.289. The standard InChI is InChI=1S/C20H28N4O4S/c1-15(2)28-18-8-6-16(7-9-18)11-21-20(25)17-5-4-10-24(12-17)29(26,27)19-13-23(3)14-22-19/h6-9,13-15,17H,4-5,10-12H2,1-3H3,(H,21,25)/t17-/m0/s1. The number of carbonyl (C=O) groups is 1. The molecule has 0 bridgehead atoms. The Hall–Kier alpha value is -2.39. The van der Waals surface area contributed by atoms with Crippen LogP contribution in [-0.4, -0.2) is 47.4 Å². The van der Waals surface area contributed by atoms with Crippen molar-refractivity contribution < 1.29 is 17.9 Å². The number of hydrogen-bond acceptors (Lipinski definition) is 5. The number of aryl methyl sites for hydroxylation is 1. The molecule has 1 aliphatic heterocycles. The monoisotopic (exact) mass is 420 g/mol. The molecule has 9 heteroatoms. The fourth-order valence-electron chi connectivity index (χ4n) is 3.32. The molecule has 158 valence electrons. The van der Waals surface area contributed by atoms with Gasteiger partial charge in [0.25, 0.3) is 10.0 Å². The van der Waals surface area contributed by atoms with Crippen LogP contribution in [0.5, 0.6) is 5.75 Å². The SMILES string of the molecule is CC(C)Oc1ccc(CNC(=O)[C@H]2CCCN(S(=O)(=O)c3cn(C)cn3)C2)cc1. The molecule has 1 atom stereocenters. The van der Waals surface area contributed by atoms with Crippen LogP contribution >= 0.6 is 0 Å². The van der Waals surface area contributed by atoms with E-state index in [9.17, 15) is 13.2 Å². The number of amides is 1. The Labute approximate surface area is 171 Å². The van der Waals surface area contributed by atoms with Gasteiger partial charge in [-0.25, -0.2) is 13.4 Å². The molecule has 0 radical (unpaired) electrons. The number of imidazole rings is 1. The number of carbonyl (C=O) groups excluding carboxylic acids is 1. The Kier molecular flexibility index (Phi) is 6.59. The molecule has 2 aromatic rings. The van der Waals surface area contributed by atoms with Crippen molar-refractivity contribution in [2.24, 2.45) is 13.0 Å². The highest BCUT2D eigenvalue weighted by Gasteiger charge is 2.34. The van der Waals surface area contributed by atoms with E-state index in [0.29, 0.717) is 25.9 Å². The van der Waals surface area contributed by atoms with Gasteiger partial charge >= 0.3 is 0 Å². The third-order valence-corrected chi connectivity index (χ3v) is 6.55. The first-order valence-corrected chi connectivity index (χ1v) is 11.2. The summed E-state index contributed by atoms with van der Waals surface area (Å²) in [7, 11) is -1.96. The number of nitrogens with one attached hydrogen (secondary N) is 1. The molecule has 8 nitrogen and oxygen atoms in total. The minimum atomic E-state index is -3.68. The fraction of sp³-hybridized carbons (Fsp3) is 0.500. The molecule has 1 aromatic heterocycles. The van der Waals surface area contributed by atoms with Crippen molar-refractivity contribution in [3.8, 4) is 5.75 Å².